The second-order valence-corrected chi connectivity index (χ2v) is 4.67. The van der Waals surface area contributed by atoms with E-state index in [0.29, 0.717) is 0 Å². The first kappa shape index (κ1) is 12.5. The molecule has 15 heavy (non-hydrogen) atoms. The van der Waals surface area contributed by atoms with Gasteiger partial charge in [-0.05, 0) is 53.5 Å². The Balaban J connectivity index is 2.70. The topological polar surface area (TPSA) is 20.2 Å². The van der Waals surface area contributed by atoms with Crippen LogP contribution in [0.5, 0.6) is 0 Å². The highest BCUT2D eigenvalue weighted by molar-refractivity contribution is 14.1. The molecule has 0 aliphatic heterocycles. The third-order valence-corrected chi connectivity index (χ3v) is 3.85. The highest BCUT2D eigenvalue weighted by atomic mass is 127. The van der Waals surface area contributed by atoms with Gasteiger partial charge in [0.25, 0.3) is 0 Å². The minimum atomic E-state index is -0.384. The molecular weight excluding hydrogens is 299 g/mol. The van der Waals surface area contributed by atoms with Gasteiger partial charge in [0.2, 0.25) is 0 Å². The molecule has 0 spiro atoms. The highest BCUT2D eigenvalue weighted by Crippen LogP contribution is 2.26. The smallest absolute Gasteiger partial charge is 0.0800 e. The van der Waals surface area contributed by atoms with Crippen LogP contribution in [0.1, 0.15) is 36.5 Å². The molecule has 0 heterocycles. The van der Waals surface area contributed by atoms with E-state index in [1.54, 1.807) is 0 Å². The Morgan fingerprint density at radius 3 is 2.93 bits per heavy atom. The van der Waals surface area contributed by atoms with Gasteiger partial charge >= 0.3 is 0 Å². The normalized spacial score (nSPS) is 12.1. The number of unbranched alkanes of at least 4 members (excludes halogenated alkanes) is 1. The highest BCUT2D eigenvalue weighted by Gasteiger charge is 2.11. The molecule has 2 heteroatoms. The van der Waals surface area contributed by atoms with Gasteiger partial charge in [0.05, 0.1) is 6.10 Å². The summed E-state index contributed by atoms with van der Waals surface area (Å²) in [6, 6.07) is 6.02. The third-order valence-electron chi connectivity index (χ3n) is 2.38. The van der Waals surface area contributed by atoms with E-state index >= 15 is 0 Å². The van der Waals surface area contributed by atoms with Gasteiger partial charge in [0.15, 0.2) is 0 Å². The van der Waals surface area contributed by atoms with Crippen molar-refractivity contribution in [3.8, 4) is 12.3 Å². The molecular formula is C13H15IO. The van der Waals surface area contributed by atoms with Gasteiger partial charge in [-0.15, -0.1) is 12.3 Å². The van der Waals surface area contributed by atoms with Crippen LogP contribution < -0.4 is 0 Å². The monoisotopic (exact) mass is 314 g/mol. The minimum absolute atomic E-state index is 0.384. The molecule has 0 bridgehead atoms. The Hall–Kier alpha value is -0.530. The van der Waals surface area contributed by atoms with Crippen molar-refractivity contribution in [1.82, 2.24) is 0 Å². The van der Waals surface area contributed by atoms with Crippen molar-refractivity contribution >= 4 is 22.6 Å². The Morgan fingerprint density at radius 1 is 1.53 bits per heavy atom. The van der Waals surface area contributed by atoms with E-state index in [2.05, 4.69) is 41.5 Å². The Morgan fingerprint density at radius 2 is 2.27 bits per heavy atom. The molecule has 0 aliphatic carbocycles. The second-order valence-electron chi connectivity index (χ2n) is 3.59. The fraction of sp³-hybridized carbons (Fsp3) is 0.385. The van der Waals surface area contributed by atoms with Crippen molar-refractivity contribution in [3.63, 3.8) is 0 Å². The van der Waals surface area contributed by atoms with Crippen molar-refractivity contribution in [2.45, 2.75) is 32.3 Å². The van der Waals surface area contributed by atoms with Crippen LogP contribution in [0, 0.1) is 22.8 Å². The molecule has 0 radical (unpaired) electrons. The molecule has 1 nitrogen and oxygen atoms in total. The molecule has 0 aromatic heterocycles. The van der Waals surface area contributed by atoms with E-state index in [1.165, 1.54) is 5.56 Å². The van der Waals surface area contributed by atoms with E-state index < -0.39 is 0 Å². The minimum Gasteiger partial charge on any atom is -0.388 e. The molecule has 0 aliphatic rings. The zero-order chi connectivity index (χ0) is 11.3. The van der Waals surface area contributed by atoms with Crippen LogP contribution in [0.2, 0.25) is 0 Å². The van der Waals surface area contributed by atoms with E-state index in [1.807, 2.05) is 12.1 Å². The first-order valence-corrected chi connectivity index (χ1v) is 6.11. The number of rotatable bonds is 4. The molecule has 80 valence electrons. The third kappa shape index (κ3) is 3.51. The molecule has 0 saturated heterocycles. The average Bonchev–Trinajstić information content (AvgIpc) is 2.22. The molecule has 1 N–H and O–H groups in total. The van der Waals surface area contributed by atoms with Gasteiger partial charge in [-0.1, -0.05) is 18.2 Å². The summed E-state index contributed by atoms with van der Waals surface area (Å²) in [7, 11) is 0. The number of halogens is 1. The Bertz CT molecular complexity index is 365. The summed E-state index contributed by atoms with van der Waals surface area (Å²) in [6.07, 6.45) is 7.14. The number of benzene rings is 1. The predicted molar refractivity (Wildman–Crippen MR) is 71.5 cm³/mol. The summed E-state index contributed by atoms with van der Waals surface area (Å²) < 4.78 is 1.16. The van der Waals surface area contributed by atoms with Gasteiger partial charge in [-0.3, -0.25) is 0 Å². The van der Waals surface area contributed by atoms with E-state index in [9.17, 15) is 5.11 Å². The van der Waals surface area contributed by atoms with Gasteiger partial charge in [-0.2, -0.15) is 0 Å². The van der Waals surface area contributed by atoms with Gasteiger partial charge in [-0.25, -0.2) is 0 Å². The van der Waals surface area contributed by atoms with Crippen LogP contribution in [0.15, 0.2) is 18.2 Å². The van der Waals surface area contributed by atoms with Crippen molar-refractivity contribution in [3.05, 3.63) is 32.9 Å². The number of hydrogen-bond acceptors (Lipinski definition) is 1. The maximum Gasteiger partial charge on any atom is 0.0800 e. The Kier molecular flexibility index (Phi) is 5.13. The summed E-state index contributed by atoms with van der Waals surface area (Å²) >= 11 is 2.28. The lowest BCUT2D eigenvalue weighted by molar-refractivity contribution is 0.164. The van der Waals surface area contributed by atoms with Gasteiger partial charge in [0, 0.05) is 9.99 Å². The summed E-state index contributed by atoms with van der Waals surface area (Å²) in [5, 5.41) is 9.98. The molecule has 0 fully saturated rings. The lowest BCUT2D eigenvalue weighted by atomic mass is 10.0. The molecule has 1 rings (SSSR count). The van der Waals surface area contributed by atoms with Crippen LogP contribution in [-0.2, 0) is 0 Å². The molecule has 0 saturated carbocycles. The Labute approximate surface area is 105 Å². The first-order valence-electron chi connectivity index (χ1n) is 5.03. The molecule has 0 amide bonds. The summed E-state index contributed by atoms with van der Waals surface area (Å²) in [4.78, 5) is 0. The van der Waals surface area contributed by atoms with Crippen molar-refractivity contribution in [2.75, 3.05) is 0 Å². The van der Waals surface area contributed by atoms with Gasteiger partial charge in [0.1, 0.15) is 0 Å². The lowest BCUT2D eigenvalue weighted by Crippen LogP contribution is -2.01. The molecule has 1 aromatic carbocycles. The molecule has 1 atom stereocenters. The van der Waals surface area contributed by atoms with Crippen LogP contribution in [0.4, 0.5) is 0 Å². The fourth-order valence-corrected chi connectivity index (χ4v) is 2.20. The van der Waals surface area contributed by atoms with E-state index in [-0.39, 0.29) is 6.10 Å². The summed E-state index contributed by atoms with van der Waals surface area (Å²) in [5.41, 5.74) is 2.23. The SMILES string of the molecule is C#CCCCC(O)c1cccc(C)c1I. The standard InChI is InChI=1S/C13H15IO/c1-3-4-5-9-12(15)11-8-6-7-10(2)13(11)14/h1,6-8,12,15H,4-5,9H2,2H3. The van der Waals surface area contributed by atoms with Crippen molar-refractivity contribution < 1.29 is 5.11 Å². The summed E-state index contributed by atoms with van der Waals surface area (Å²) in [6.45, 7) is 2.05. The molecule has 1 aromatic rings. The maximum atomic E-state index is 9.98. The fourth-order valence-electron chi connectivity index (χ4n) is 1.48. The predicted octanol–water partition coefficient (Wildman–Crippen LogP) is 3.44. The van der Waals surface area contributed by atoms with Crippen LogP contribution >= 0.6 is 22.6 Å². The quantitative estimate of drug-likeness (QED) is 0.513. The number of terminal acetylenes is 1. The number of hydrogen-bond donors (Lipinski definition) is 1. The van der Waals surface area contributed by atoms with Crippen molar-refractivity contribution in [2.24, 2.45) is 0 Å². The zero-order valence-corrected chi connectivity index (χ0v) is 11.0. The van der Waals surface area contributed by atoms with Crippen LogP contribution in [-0.4, -0.2) is 5.11 Å². The molecule has 1 unspecified atom stereocenters. The zero-order valence-electron chi connectivity index (χ0n) is 8.83. The van der Waals surface area contributed by atoms with E-state index in [0.717, 1.165) is 28.4 Å². The van der Waals surface area contributed by atoms with Crippen molar-refractivity contribution in [1.29, 1.82) is 0 Å². The van der Waals surface area contributed by atoms with E-state index in [4.69, 9.17) is 6.42 Å². The number of aryl methyl sites for hydroxylation is 1. The number of aliphatic hydroxyl groups excluding tert-OH is 1. The average molecular weight is 314 g/mol. The summed E-state index contributed by atoms with van der Waals surface area (Å²) in [5.74, 6) is 2.59. The second kappa shape index (κ2) is 6.14. The first-order chi connectivity index (χ1) is 7.16. The lowest BCUT2D eigenvalue weighted by Gasteiger charge is -2.13. The van der Waals surface area contributed by atoms with Crippen LogP contribution in [0.25, 0.3) is 0 Å². The van der Waals surface area contributed by atoms with Gasteiger partial charge < -0.3 is 5.11 Å². The van der Waals surface area contributed by atoms with Crippen LogP contribution in [0.3, 0.4) is 0 Å². The number of aliphatic hydroxyl groups is 1. The maximum absolute atomic E-state index is 9.98. The largest absolute Gasteiger partial charge is 0.388 e.